The zero-order valence-corrected chi connectivity index (χ0v) is 21.5. The van der Waals surface area contributed by atoms with Crippen molar-refractivity contribution >= 4 is 23.4 Å². The number of amides is 1. The predicted octanol–water partition coefficient (Wildman–Crippen LogP) is 6.82. The number of nitrogens with zero attached hydrogens (tertiary/aromatic N) is 2. The minimum absolute atomic E-state index is 0.00678. The summed E-state index contributed by atoms with van der Waals surface area (Å²) in [5.41, 5.74) is -1.53. The molecular formula is C26H28F6N2O4. The Balaban J connectivity index is 2.32. The summed E-state index contributed by atoms with van der Waals surface area (Å²) in [6.07, 6.45) is -10.5. The number of hydrogen-bond donors (Lipinski definition) is 0. The van der Waals surface area contributed by atoms with E-state index in [-0.39, 0.29) is 24.9 Å². The van der Waals surface area contributed by atoms with Gasteiger partial charge in [0.05, 0.1) is 42.3 Å². The fourth-order valence-corrected chi connectivity index (χ4v) is 4.50. The van der Waals surface area contributed by atoms with Crippen molar-refractivity contribution in [1.29, 1.82) is 0 Å². The third-order valence-electron chi connectivity index (χ3n) is 6.53. The Morgan fingerprint density at radius 3 is 1.89 bits per heavy atom. The molecule has 12 heteroatoms. The Labute approximate surface area is 216 Å². The number of aryl methyl sites for hydroxylation is 2. The largest absolute Gasteiger partial charge is 0.467 e. The van der Waals surface area contributed by atoms with E-state index in [0.717, 1.165) is 18.2 Å². The molecule has 1 amide bonds. The van der Waals surface area contributed by atoms with Crippen LogP contribution in [0.25, 0.3) is 0 Å². The summed E-state index contributed by atoms with van der Waals surface area (Å²) in [6.45, 7) is 6.95. The number of anilines is 2. The molecule has 2 aromatic rings. The minimum Gasteiger partial charge on any atom is -0.467 e. The van der Waals surface area contributed by atoms with E-state index in [1.54, 1.807) is 39.8 Å². The molecule has 0 aromatic heterocycles. The standard InChI is InChI=1S/C26H28F6N2O4/c1-6-19-13-33(20-8-14(3)15(4)9-21(20)34(19)24(36)38-7-2)22(23(35)37-5)16-10-17(25(27,28)29)12-18(11-16)26(30,31)32/h8-12,19,22H,6-7,13H2,1-5H3/t19-,22?/m0/s1. The average Bonchev–Trinajstić information content (AvgIpc) is 2.83. The molecule has 0 spiro atoms. The lowest BCUT2D eigenvalue weighted by molar-refractivity contribution is -0.145. The number of halogens is 6. The van der Waals surface area contributed by atoms with Crippen LogP contribution in [-0.2, 0) is 26.6 Å². The van der Waals surface area contributed by atoms with E-state index in [1.807, 2.05) is 0 Å². The molecule has 1 heterocycles. The van der Waals surface area contributed by atoms with Gasteiger partial charge in [0.1, 0.15) is 0 Å². The third-order valence-corrected chi connectivity index (χ3v) is 6.53. The SMILES string of the molecule is CCOC(=O)N1c2cc(C)c(C)cc2N(C(C(=O)OC)c2cc(C(F)(F)F)cc(C(F)(F)F)c2)C[C@@H]1CC. The van der Waals surface area contributed by atoms with Gasteiger partial charge in [0.15, 0.2) is 6.04 Å². The molecule has 3 rings (SSSR count). The topological polar surface area (TPSA) is 59.1 Å². The number of carbonyl (C=O) groups is 2. The number of ether oxygens (including phenoxy) is 2. The van der Waals surface area contributed by atoms with Gasteiger partial charge in [-0.15, -0.1) is 0 Å². The second-order valence-electron chi connectivity index (χ2n) is 8.97. The van der Waals surface area contributed by atoms with E-state index in [1.165, 1.54) is 9.80 Å². The lowest BCUT2D eigenvalue weighted by atomic mass is 9.94. The van der Waals surface area contributed by atoms with E-state index in [4.69, 9.17) is 9.47 Å². The van der Waals surface area contributed by atoms with E-state index in [2.05, 4.69) is 0 Å². The molecule has 0 N–H and O–H groups in total. The molecule has 0 aliphatic carbocycles. The number of hydrogen-bond acceptors (Lipinski definition) is 5. The summed E-state index contributed by atoms with van der Waals surface area (Å²) in [7, 11) is 1.00. The quantitative estimate of drug-likeness (QED) is 0.304. The van der Waals surface area contributed by atoms with Crippen molar-refractivity contribution < 1.29 is 45.4 Å². The van der Waals surface area contributed by atoms with Gasteiger partial charge in [-0.25, -0.2) is 9.59 Å². The average molecular weight is 547 g/mol. The molecule has 6 nitrogen and oxygen atoms in total. The van der Waals surface area contributed by atoms with Crippen molar-refractivity contribution in [1.82, 2.24) is 0 Å². The Morgan fingerprint density at radius 1 is 0.921 bits per heavy atom. The monoisotopic (exact) mass is 546 g/mol. The number of benzene rings is 2. The molecule has 0 radical (unpaired) electrons. The van der Waals surface area contributed by atoms with E-state index >= 15 is 0 Å². The van der Waals surface area contributed by atoms with Gasteiger partial charge >= 0.3 is 24.4 Å². The molecule has 38 heavy (non-hydrogen) atoms. The zero-order chi connectivity index (χ0) is 28.6. The van der Waals surface area contributed by atoms with Crippen LogP contribution in [0.2, 0.25) is 0 Å². The summed E-state index contributed by atoms with van der Waals surface area (Å²) in [6, 6.07) is 2.10. The summed E-state index contributed by atoms with van der Waals surface area (Å²) in [5.74, 6) is -1.05. The minimum atomic E-state index is -5.10. The van der Waals surface area contributed by atoms with Gasteiger partial charge in [-0.1, -0.05) is 6.92 Å². The van der Waals surface area contributed by atoms with Crippen molar-refractivity contribution in [2.75, 3.05) is 30.1 Å². The van der Waals surface area contributed by atoms with Crippen LogP contribution in [0.3, 0.4) is 0 Å². The maximum absolute atomic E-state index is 13.6. The van der Waals surface area contributed by atoms with Gasteiger partial charge < -0.3 is 14.4 Å². The molecule has 2 aromatic carbocycles. The van der Waals surface area contributed by atoms with Crippen LogP contribution in [0.5, 0.6) is 0 Å². The number of carbonyl (C=O) groups excluding carboxylic acids is 2. The van der Waals surface area contributed by atoms with Gasteiger partial charge in [-0.05, 0) is 74.2 Å². The first-order valence-corrected chi connectivity index (χ1v) is 11.8. The summed E-state index contributed by atoms with van der Waals surface area (Å²) < 4.78 is 91.9. The summed E-state index contributed by atoms with van der Waals surface area (Å²) in [4.78, 5) is 28.8. The molecule has 0 saturated carbocycles. The molecule has 1 aliphatic heterocycles. The molecule has 208 valence electrons. The van der Waals surface area contributed by atoms with Crippen molar-refractivity contribution in [3.8, 4) is 0 Å². The first-order valence-electron chi connectivity index (χ1n) is 11.8. The molecule has 1 aliphatic rings. The summed E-state index contributed by atoms with van der Waals surface area (Å²) in [5, 5.41) is 0. The molecule has 2 atom stereocenters. The van der Waals surface area contributed by atoms with Crippen molar-refractivity contribution in [2.45, 2.75) is 58.6 Å². The first kappa shape index (κ1) is 29.1. The molecular weight excluding hydrogens is 518 g/mol. The van der Waals surface area contributed by atoms with Gasteiger partial charge in [0.2, 0.25) is 0 Å². The highest BCUT2D eigenvalue weighted by molar-refractivity contribution is 5.96. The van der Waals surface area contributed by atoms with Crippen LogP contribution in [0.4, 0.5) is 42.5 Å². The molecule has 0 fully saturated rings. The third kappa shape index (κ3) is 5.68. The Morgan fingerprint density at radius 2 is 1.45 bits per heavy atom. The Bertz CT molecular complexity index is 1180. The second-order valence-corrected chi connectivity index (χ2v) is 8.97. The van der Waals surface area contributed by atoms with Crippen molar-refractivity contribution in [3.05, 3.63) is 58.1 Å². The van der Waals surface area contributed by atoms with Gasteiger partial charge in [0, 0.05) is 6.54 Å². The lowest BCUT2D eigenvalue weighted by Crippen LogP contribution is -2.53. The number of alkyl halides is 6. The van der Waals surface area contributed by atoms with E-state index in [9.17, 15) is 35.9 Å². The smallest absolute Gasteiger partial charge is 0.416 e. The highest BCUT2D eigenvalue weighted by atomic mass is 19.4. The van der Waals surface area contributed by atoms with Crippen LogP contribution in [0, 0.1) is 13.8 Å². The number of fused-ring (bicyclic) bond motifs is 1. The van der Waals surface area contributed by atoms with Crippen molar-refractivity contribution in [2.24, 2.45) is 0 Å². The maximum atomic E-state index is 13.6. The second kappa shape index (κ2) is 10.7. The Hall–Kier alpha value is -3.44. The zero-order valence-electron chi connectivity index (χ0n) is 21.5. The fraction of sp³-hybridized carbons (Fsp3) is 0.462. The Kier molecular flexibility index (Phi) is 8.23. The van der Waals surface area contributed by atoms with Gasteiger partial charge in [-0.2, -0.15) is 26.3 Å². The van der Waals surface area contributed by atoms with E-state index < -0.39 is 53.2 Å². The van der Waals surface area contributed by atoms with Crippen LogP contribution >= 0.6 is 0 Å². The normalized spacial score (nSPS) is 16.7. The molecule has 0 saturated heterocycles. The highest BCUT2D eigenvalue weighted by Gasteiger charge is 2.43. The van der Waals surface area contributed by atoms with Crippen LogP contribution < -0.4 is 9.80 Å². The van der Waals surface area contributed by atoms with Crippen molar-refractivity contribution in [3.63, 3.8) is 0 Å². The lowest BCUT2D eigenvalue weighted by Gasteiger charge is -2.45. The predicted molar refractivity (Wildman–Crippen MR) is 128 cm³/mol. The number of methoxy groups -OCH3 is 1. The number of esters is 1. The molecule has 0 bridgehead atoms. The van der Waals surface area contributed by atoms with E-state index in [0.29, 0.717) is 24.2 Å². The fourth-order valence-electron chi connectivity index (χ4n) is 4.50. The van der Waals surface area contributed by atoms with Gasteiger partial charge in [0.25, 0.3) is 0 Å². The van der Waals surface area contributed by atoms with Crippen LogP contribution in [0.1, 0.15) is 54.1 Å². The van der Waals surface area contributed by atoms with Crippen LogP contribution in [0.15, 0.2) is 30.3 Å². The van der Waals surface area contributed by atoms with Gasteiger partial charge in [-0.3, -0.25) is 4.90 Å². The summed E-state index contributed by atoms with van der Waals surface area (Å²) >= 11 is 0. The first-order chi connectivity index (χ1) is 17.6. The number of rotatable bonds is 5. The highest BCUT2D eigenvalue weighted by Crippen LogP contribution is 2.45. The molecule has 1 unspecified atom stereocenters. The maximum Gasteiger partial charge on any atom is 0.416 e. The van der Waals surface area contributed by atoms with Crippen LogP contribution in [-0.4, -0.2) is 38.4 Å².